The minimum absolute atomic E-state index is 0. The van der Waals surface area contributed by atoms with Crippen molar-refractivity contribution in [3.63, 3.8) is 0 Å². The average molecular weight is 197 g/mol. The highest BCUT2D eigenvalue weighted by Gasteiger charge is 1.70. The Labute approximate surface area is 73.1 Å². The Balaban J connectivity index is -0.0000000450. The van der Waals surface area contributed by atoms with Gasteiger partial charge in [-0.15, -0.1) is 0 Å². The number of carboxylic acid groups (broad SMARTS) is 6. The summed E-state index contributed by atoms with van der Waals surface area (Å²) in [6.07, 6.45) is -5.50. The third-order valence-corrected chi connectivity index (χ3v) is 0. The molecule has 9 nitrogen and oxygen atoms in total. The van der Waals surface area contributed by atoms with Crippen molar-refractivity contribution in [2.45, 2.75) is 0 Å². The molecule has 0 aromatic rings. The topological polar surface area (TPSA) is 173 Å². The van der Waals surface area contributed by atoms with E-state index >= 15 is 0 Å². The third-order valence-electron chi connectivity index (χ3n) is 0. The molecule has 0 aliphatic heterocycles. The zero-order chi connectivity index (χ0) is 10.7. The van der Waals surface area contributed by atoms with Crippen LogP contribution in [0.4, 0.5) is 14.4 Å². The molecule has 0 unspecified atom stereocenters. The van der Waals surface area contributed by atoms with Gasteiger partial charge in [-0.3, -0.25) is 0 Å². The molecule has 75 valence electrons. The van der Waals surface area contributed by atoms with Gasteiger partial charge in [0, 0.05) is 8.41 Å². The van der Waals surface area contributed by atoms with Gasteiger partial charge >= 0.3 is 18.5 Å². The smallest absolute Gasteiger partial charge is 0.450 e. The summed E-state index contributed by atoms with van der Waals surface area (Å²) < 4.78 is 0. The molecular formula is C3H6BO9. The highest BCUT2D eigenvalue weighted by Crippen LogP contribution is 1.43. The Bertz CT molecular complexity index is 112. The molecule has 0 heterocycles. The molecule has 3 radical (unpaired) electrons. The first kappa shape index (κ1) is 22.4. The predicted octanol–water partition coefficient (Wildman–Crippen LogP) is 0.286. The van der Waals surface area contributed by atoms with Crippen LogP contribution in [0, 0.1) is 0 Å². The molecule has 0 aromatic heterocycles. The maximum atomic E-state index is 8.56. The summed E-state index contributed by atoms with van der Waals surface area (Å²) in [5.74, 6) is 0. The SMILES string of the molecule is O=C(O)O.O=C(O)O.O=C(O)O.[B]. The molecule has 0 saturated carbocycles. The van der Waals surface area contributed by atoms with Crippen LogP contribution in [0.2, 0.25) is 0 Å². The van der Waals surface area contributed by atoms with Crippen LogP contribution in [-0.2, 0) is 0 Å². The van der Waals surface area contributed by atoms with Gasteiger partial charge in [0.05, 0.1) is 0 Å². The summed E-state index contributed by atoms with van der Waals surface area (Å²) in [6, 6.07) is 0. The van der Waals surface area contributed by atoms with E-state index in [0.717, 1.165) is 0 Å². The molecule has 0 saturated heterocycles. The van der Waals surface area contributed by atoms with Gasteiger partial charge in [0.25, 0.3) is 0 Å². The van der Waals surface area contributed by atoms with Gasteiger partial charge in [0.1, 0.15) is 0 Å². The Kier molecular flexibility index (Phi) is 28.4. The number of hydrogen-bond donors (Lipinski definition) is 6. The number of carbonyl (C=O) groups is 3. The zero-order valence-electron chi connectivity index (χ0n) is 5.99. The summed E-state index contributed by atoms with van der Waals surface area (Å²) in [5.41, 5.74) is 0. The van der Waals surface area contributed by atoms with Crippen LogP contribution in [0.3, 0.4) is 0 Å². The summed E-state index contributed by atoms with van der Waals surface area (Å²) in [7, 11) is 0. The van der Waals surface area contributed by atoms with Crippen molar-refractivity contribution in [1.82, 2.24) is 0 Å². The molecule has 0 amide bonds. The normalized spacial score (nSPS) is 5.54. The lowest BCUT2D eigenvalue weighted by Crippen LogP contribution is -1.81. The van der Waals surface area contributed by atoms with Gasteiger partial charge in [0.15, 0.2) is 0 Å². The van der Waals surface area contributed by atoms with Crippen LogP contribution in [0.1, 0.15) is 0 Å². The molecule has 0 bridgehead atoms. The second-order valence-electron chi connectivity index (χ2n) is 0.848. The van der Waals surface area contributed by atoms with E-state index in [0.29, 0.717) is 0 Å². The van der Waals surface area contributed by atoms with Crippen molar-refractivity contribution >= 4 is 26.9 Å². The molecule has 0 aliphatic rings. The molecule has 13 heavy (non-hydrogen) atoms. The van der Waals surface area contributed by atoms with Crippen molar-refractivity contribution < 1.29 is 45.0 Å². The average Bonchev–Trinajstić information content (AvgIpc) is 1.54. The van der Waals surface area contributed by atoms with E-state index in [9.17, 15) is 0 Å². The Morgan fingerprint density at radius 1 is 0.538 bits per heavy atom. The van der Waals surface area contributed by atoms with E-state index in [1.165, 1.54) is 0 Å². The number of rotatable bonds is 0. The van der Waals surface area contributed by atoms with Gasteiger partial charge in [-0.05, 0) is 0 Å². The summed E-state index contributed by atoms with van der Waals surface area (Å²) in [5, 5.41) is 41.8. The molecule has 0 rings (SSSR count). The quantitative estimate of drug-likeness (QED) is 0.298. The van der Waals surface area contributed by atoms with Crippen LogP contribution in [0.5, 0.6) is 0 Å². The fraction of sp³-hybridized carbons (Fsp3) is 0. The summed E-state index contributed by atoms with van der Waals surface area (Å²) in [4.78, 5) is 25.7. The van der Waals surface area contributed by atoms with Crippen LogP contribution < -0.4 is 0 Å². The minimum atomic E-state index is -1.83. The molecule has 0 fully saturated rings. The monoisotopic (exact) mass is 197 g/mol. The highest BCUT2D eigenvalue weighted by molar-refractivity contribution is 5.75. The minimum Gasteiger partial charge on any atom is -0.450 e. The molecule has 10 heteroatoms. The van der Waals surface area contributed by atoms with Crippen molar-refractivity contribution in [2.24, 2.45) is 0 Å². The molecule has 6 N–H and O–H groups in total. The molecular weight excluding hydrogens is 191 g/mol. The van der Waals surface area contributed by atoms with Crippen LogP contribution in [0.25, 0.3) is 0 Å². The lowest BCUT2D eigenvalue weighted by atomic mass is 10.8. The van der Waals surface area contributed by atoms with Crippen molar-refractivity contribution in [1.29, 1.82) is 0 Å². The van der Waals surface area contributed by atoms with Crippen LogP contribution in [0.15, 0.2) is 0 Å². The first-order valence-electron chi connectivity index (χ1n) is 1.95. The van der Waals surface area contributed by atoms with Crippen molar-refractivity contribution in [3.8, 4) is 0 Å². The second kappa shape index (κ2) is 16.5. The van der Waals surface area contributed by atoms with Crippen molar-refractivity contribution in [3.05, 3.63) is 0 Å². The Morgan fingerprint density at radius 3 is 0.538 bits per heavy atom. The Morgan fingerprint density at radius 2 is 0.538 bits per heavy atom. The lowest BCUT2D eigenvalue weighted by molar-refractivity contribution is 0.135. The summed E-state index contributed by atoms with van der Waals surface area (Å²) in [6.45, 7) is 0. The van der Waals surface area contributed by atoms with E-state index in [4.69, 9.17) is 45.0 Å². The van der Waals surface area contributed by atoms with E-state index < -0.39 is 18.5 Å². The van der Waals surface area contributed by atoms with Gasteiger partial charge in [-0.2, -0.15) is 0 Å². The van der Waals surface area contributed by atoms with Crippen LogP contribution in [-0.4, -0.2) is 57.5 Å². The predicted molar refractivity (Wildman–Crippen MR) is 37.7 cm³/mol. The molecule has 0 aromatic carbocycles. The second-order valence-corrected chi connectivity index (χ2v) is 0.848. The molecule has 0 atom stereocenters. The van der Waals surface area contributed by atoms with E-state index in [-0.39, 0.29) is 8.41 Å². The number of hydrogen-bond acceptors (Lipinski definition) is 3. The largest absolute Gasteiger partial charge is 0.503 e. The van der Waals surface area contributed by atoms with Gasteiger partial charge < -0.3 is 30.6 Å². The van der Waals surface area contributed by atoms with Crippen LogP contribution >= 0.6 is 0 Å². The first-order valence-corrected chi connectivity index (χ1v) is 1.95. The third kappa shape index (κ3) is 136. The lowest BCUT2D eigenvalue weighted by Gasteiger charge is -1.60. The summed E-state index contributed by atoms with van der Waals surface area (Å²) >= 11 is 0. The van der Waals surface area contributed by atoms with E-state index in [1.54, 1.807) is 0 Å². The molecule has 0 spiro atoms. The van der Waals surface area contributed by atoms with Gasteiger partial charge in [-0.25, -0.2) is 14.4 Å². The zero-order valence-corrected chi connectivity index (χ0v) is 5.99. The van der Waals surface area contributed by atoms with Gasteiger partial charge in [0.2, 0.25) is 0 Å². The molecule has 0 aliphatic carbocycles. The standard InChI is InChI=1S/3CH2O3.B/c3*2-1(3)4;/h3*(H2,2,3,4);. The van der Waals surface area contributed by atoms with E-state index in [1.807, 2.05) is 0 Å². The fourth-order valence-electron chi connectivity index (χ4n) is 0. The highest BCUT2D eigenvalue weighted by atomic mass is 16.6. The Hall–Kier alpha value is -2.13. The fourth-order valence-corrected chi connectivity index (χ4v) is 0. The van der Waals surface area contributed by atoms with E-state index in [2.05, 4.69) is 0 Å². The van der Waals surface area contributed by atoms with Crippen molar-refractivity contribution in [2.75, 3.05) is 0 Å². The first-order chi connectivity index (χ1) is 5.20. The maximum Gasteiger partial charge on any atom is 0.503 e. The maximum absolute atomic E-state index is 8.56. The van der Waals surface area contributed by atoms with Gasteiger partial charge in [-0.1, -0.05) is 0 Å².